The van der Waals surface area contributed by atoms with Crippen LogP contribution in [-0.4, -0.2) is 22.2 Å². The lowest BCUT2D eigenvalue weighted by atomic mass is 10.1. The minimum atomic E-state index is -1.01. The summed E-state index contributed by atoms with van der Waals surface area (Å²) >= 11 is 6.77. The molecule has 0 aliphatic carbocycles. The van der Waals surface area contributed by atoms with Gasteiger partial charge in [0.25, 0.3) is 11.1 Å². The van der Waals surface area contributed by atoms with Crippen molar-refractivity contribution >= 4 is 52.2 Å². The molecule has 0 saturated carbocycles. The smallest absolute Gasteiger partial charge is 0.335 e. The van der Waals surface area contributed by atoms with Crippen molar-refractivity contribution in [2.45, 2.75) is 0 Å². The Bertz CT molecular complexity index is 1170. The highest BCUT2D eigenvalue weighted by Gasteiger charge is 2.36. The second-order valence-electron chi connectivity index (χ2n) is 6.08. The summed E-state index contributed by atoms with van der Waals surface area (Å²) in [6.07, 6.45) is 1.50. The second-order valence-corrected chi connectivity index (χ2v) is 7.51. The van der Waals surface area contributed by atoms with Crippen molar-refractivity contribution in [1.82, 2.24) is 0 Å². The average Bonchev–Trinajstić information content (AvgIpc) is 3.26. The third-order valence-corrected chi connectivity index (χ3v) is 5.28. The van der Waals surface area contributed by atoms with Crippen LogP contribution in [-0.2, 0) is 4.79 Å². The fourth-order valence-electron chi connectivity index (χ4n) is 2.80. The van der Waals surface area contributed by atoms with Crippen LogP contribution in [0.1, 0.15) is 16.1 Å². The summed E-state index contributed by atoms with van der Waals surface area (Å²) in [5, 5.41) is 8.98. The van der Waals surface area contributed by atoms with Crippen LogP contribution in [0.15, 0.2) is 70.0 Å². The van der Waals surface area contributed by atoms with Gasteiger partial charge < -0.3 is 9.52 Å². The maximum absolute atomic E-state index is 12.7. The fourth-order valence-corrected chi connectivity index (χ4v) is 3.80. The summed E-state index contributed by atoms with van der Waals surface area (Å²) < 4.78 is 5.74. The minimum absolute atomic E-state index is 0.176. The van der Waals surface area contributed by atoms with E-state index in [1.807, 2.05) is 0 Å². The Balaban J connectivity index is 1.58. The van der Waals surface area contributed by atoms with Crippen LogP contribution < -0.4 is 4.90 Å². The van der Waals surface area contributed by atoms with Gasteiger partial charge in [-0.15, -0.1) is 0 Å². The molecule has 1 aliphatic heterocycles. The summed E-state index contributed by atoms with van der Waals surface area (Å²) in [5.74, 6) is -0.542. The van der Waals surface area contributed by atoms with E-state index in [0.29, 0.717) is 27.8 Å². The third-order valence-electron chi connectivity index (χ3n) is 4.18. The van der Waals surface area contributed by atoms with Crippen LogP contribution in [0.2, 0.25) is 5.02 Å². The van der Waals surface area contributed by atoms with E-state index in [9.17, 15) is 14.4 Å². The Morgan fingerprint density at radius 3 is 2.52 bits per heavy atom. The Morgan fingerprint density at radius 1 is 1.07 bits per heavy atom. The second kappa shape index (κ2) is 7.62. The fraction of sp³-hybridized carbons (Fsp3) is 0. The average molecular weight is 426 g/mol. The van der Waals surface area contributed by atoms with Crippen molar-refractivity contribution in [3.05, 3.63) is 81.9 Å². The zero-order valence-corrected chi connectivity index (χ0v) is 16.2. The van der Waals surface area contributed by atoms with Gasteiger partial charge in [0.15, 0.2) is 0 Å². The molecular weight excluding hydrogens is 414 g/mol. The van der Waals surface area contributed by atoms with Gasteiger partial charge >= 0.3 is 5.97 Å². The van der Waals surface area contributed by atoms with Crippen molar-refractivity contribution in [1.29, 1.82) is 0 Å². The molecule has 0 bridgehead atoms. The Kier molecular flexibility index (Phi) is 5.00. The van der Waals surface area contributed by atoms with Crippen molar-refractivity contribution in [3.63, 3.8) is 0 Å². The number of carbonyl (C=O) groups is 3. The van der Waals surface area contributed by atoms with Gasteiger partial charge in [0.2, 0.25) is 0 Å². The number of aromatic carboxylic acids is 1. The molecule has 144 valence electrons. The van der Waals surface area contributed by atoms with E-state index in [-0.39, 0.29) is 10.5 Å². The molecule has 8 heteroatoms. The number of amides is 2. The molecule has 1 aromatic heterocycles. The predicted molar refractivity (Wildman–Crippen MR) is 111 cm³/mol. The van der Waals surface area contributed by atoms with Gasteiger partial charge in [-0.1, -0.05) is 29.8 Å². The van der Waals surface area contributed by atoms with Crippen molar-refractivity contribution in [2.75, 3.05) is 4.90 Å². The van der Waals surface area contributed by atoms with Crippen LogP contribution in [0.25, 0.3) is 17.4 Å². The molecule has 6 nitrogen and oxygen atoms in total. The number of imide groups is 1. The normalized spacial score (nSPS) is 15.3. The summed E-state index contributed by atoms with van der Waals surface area (Å²) in [6, 6.07) is 16.1. The topological polar surface area (TPSA) is 87.8 Å². The number of thioether (sulfide) groups is 1. The first-order chi connectivity index (χ1) is 13.9. The predicted octanol–water partition coefficient (Wildman–Crippen LogP) is 5.54. The molecule has 1 fully saturated rings. The van der Waals surface area contributed by atoms with Gasteiger partial charge in [0.05, 0.1) is 16.2 Å². The lowest BCUT2D eigenvalue weighted by Gasteiger charge is -2.12. The molecule has 0 spiro atoms. The van der Waals surface area contributed by atoms with E-state index >= 15 is 0 Å². The largest absolute Gasteiger partial charge is 0.478 e. The molecule has 4 rings (SSSR count). The number of rotatable bonds is 4. The summed E-state index contributed by atoms with van der Waals surface area (Å²) in [7, 11) is 0. The lowest BCUT2D eigenvalue weighted by Crippen LogP contribution is -2.27. The number of carboxylic acids is 1. The van der Waals surface area contributed by atoms with E-state index in [1.165, 1.54) is 18.2 Å². The Morgan fingerprint density at radius 2 is 1.83 bits per heavy atom. The number of hydrogen-bond acceptors (Lipinski definition) is 5. The quantitative estimate of drug-likeness (QED) is 0.552. The van der Waals surface area contributed by atoms with Gasteiger partial charge in [-0.2, -0.15) is 0 Å². The molecule has 2 aromatic carbocycles. The molecule has 29 heavy (non-hydrogen) atoms. The zero-order chi connectivity index (χ0) is 20.5. The van der Waals surface area contributed by atoms with Crippen molar-refractivity contribution in [3.8, 4) is 11.3 Å². The molecule has 3 aromatic rings. The maximum atomic E-state index is 12.7. The molecule has 1 aliphatic rings. The molecule has 0 atom stereocenters. The standard InChI is InChI=1S/C21H12ClNO5S/c22-14-2-1-3-15(10-14)23-19(24)18(29-21(23)27)11-16-8-9-17(28-16)12-4-6-13(7-5-12)20(25)26/h1-11H,(H,25,26)/b18-11+. The first kappa shape index (κ1) is 19.0. The Labute approximate surface area is 174 Å². The van der Waals surface area contributed by atoms with Crippen LogP contribution >= 0.6 is 23.4 Å². The summed E-state index contributed by atoms with van der Waals surface area (Å²) in [6.45, 7) is 0. The third kappa shape index (κ3) is 3.83. The highest BCUT2D eigenvalue weighted by molar-refractivity contribution is 8.19. The summed E-state index contributed by atoms with van der Waals surface area (Å²) in [5.41, 5.74) is 1.28. The molecule has 0 radical (unpaired) electrons. The first-order valence-corrected chi connectivity index (χ1v) is 9.59. The van der Waals surface area contributed by atoms with Crippen LogP contribution in [0.5, 0.6) is 0 Å². The molecule has 0 unspecified atom stereocenters. The van der Waals surface area contributed by atoms with E-state index in [2.05, 4.69) is 0 Å². The van der Waals surface area contributed by atoms with Crippen molar-refractivity contribution < 1.29 is 23.9 Å². The van der Waals surface area contributed by atoms with Crippen LogP contribution in [0.4, 0.5) is 10.5 Å². The maximum Gasteiger partial charge on any atom is 0.335 e. The highest BCUT2D eigenvalue weighted by atomic mass is 35.5. The number of anilines is 1. The lowest BCUT2D eigenvalue weighted by molar-refractivity contribution is -0.113. The van der Waals surface area contributed by atoms with Gasteiger partial charge in [-0.05, 0) is 54.2 Å². The number of carbonyl (C=O) groups excluding carboxylic acids is 2. The Hall–Kier alpha value is -3.29. The summed E-state index contributed by atoms with van der Waals surface area (Å²) in [4.78, 5) is 37.2. The number of nitrogens with zero attached hydrogens (tertiary/aromatic N) is 1. The van der Waals surface area contributed by atoms with E-state index in [1.54, 1.807) is 48.5 Å². The molecule has 1 saturated heterocycles. The monoisotopic (exact) mass is 425 g/mol. The number of hydrogen-bond donors (Lipinski definition) is 1. The van der Waals surface area contributed by atoms with Crippen LogP contribution in [0.3, 0.4) is 0 Å². The highest BCUT2D eigenvalue weighted by Crippen LogP contribution is 2.37. The van der Waals surface area contributed by atoms with Gasteiger partial charge in [-0.3, -0.25) is 9.59 Å². The number of furan rings is 1. The molecule has 2 amide bonds. The van der Waals surface area contributed by atoms with Crippen molar-refractivity contribution in [2.24, 2.45) is 0 Å². The minimum Gasteiger partial charge on any atom is -0.478 e. The van der Waals surface area contributed by atoms with Gasteiger partial charge in [0.1, 0.15) is 11.5 Å². The van der Waals surface area contributed by atoms with Gasteiger partial charge in [0, 0.05) is 16.7 Å². The van der Waals surface area contributed by atoms with E-state index in [4.69, 9.17) is 21.1 Å². The number of carboxylic acid groups (broad SMARTS) is 1. The number of halogens is 1. The molecule has 2 heterocycles. The first-order valence-electron chi connectivity index (χ1n) is 8.39. The molecule has 1 N–H and O–H groups in total. The number of benzene rings is 2. The zero-order valence-electron chi connectivity index (χ0n) is 14.7. The van der Waals surface area contributed by atoms with E-state index < -0.39 is 17.1 Å². The molecular formula is C21H12ClNO5S. The van der Waals surface area contributed by atoms with Crippen LogP contribution in [0, 0.1) is 0 Å². The van der Waals surface area contributed by atoms with Gasteiger partial charge in [-0.25, -0.2) is 9.69 Å². The SMILES string of the molecule is O=C(O)c1ccc(-c2ccc(/C=C3/SC(=O)N(c4cccc(Cl)c4)C3=O)o2)cc1. The van der Waals surface area contributed by atoms with E-state index in [0.717, 1.165) is 16.7 Å².